The van der Waals surface area contributed by atoms with E-state index in [-0.39, 0.29) is 19.1 Å². The summed E-state index contributed by atoms with van der Waals surface area (Å²) in [6.45, 7) is 2.18. The van der Waals surface area contributed by atoms with Crippen molar-refractivity contribution >= 4 is 11.9 Å². The van der Waals surface area contributed by atoms with Gasteiger partial charge in [-0.2, -0.15) is 0 Å². The molecule has 0 saturated carbocycles. The van der Waals surface area contributed by atoms with Crippen LogP contribution in [0.5, 0.6) is 0 Å². The number of aliphatic carboxylic acids is 1. The SMILES string of the molecule is COCC1(C(=O)O)CCN(C(=O)c2ccc(F)cc2C)C1. The lowest BCUT2D eigenvalue weighted by Crippen LogP contribution is -2.40. The lowest BCUT2D eigenvalue weighted by molar-refractivity contribution is -0.151. The first-order valence-electron chi connectivity index (χ1n) is 6.67. The van der Waals surface area contributed by atoms with Crippen LogP contribution in [0, 0.1) is 18.2 Å². The van der Waals surface area contributed by atoms with Gasteiger partial charge in [-0.1, -0.05) is 0 Å². The van der Waals surface area contributed by atoms with Crippen LogP contribution in [0.25, 0.3) is 0 Å². The number of carboxylic acids is 1. The lowest BCUT2D eigenvalue weighted by Gasteiger charge is -2.24. The second-order valence-electron chi connectivity index (χ2n) is 5.45. The molecule has 0 spiro atoms. The molecule has 0 aliphatic carbocycles. The molecule has 1 fully saturated rings. The van der Waals surface area contributed by atoms with E-state index in [0.717, 1.165) is 0 Å². The maximum Gasteiger partial charge on any atom is 0.313 e. The molecule has 114 valence electrons. The van der Waals surface area contributed by atoms with Gasteiger partial charge in [-0.25, -0.2) is 4.39 Å². The van der Waals surface area contributed by atoms with Gasteiger partial charge < -0.3 is 14.7 Å². The van der Waals surface area contributed by atoms with Crippen molar-refractivity contribution in [1.29, 1.82) is 0 Å². The standard InChI is InChI=1S/C15H18FNO4/c1-10-7-11(16)3-4-12(10)13(18)17-6-5-15(8-17,9-21-2)14(19)20/h3-4,7H,5-6,8-9H2,1-2H3,(H,19,20). The van der Waals surface area contributed by atoms with Crippen molar-refractivity contribution in [2.45, 2.75) is 13.3 Å². The number of nitrogens with zero attached hydrogens (tertiary/aromatic N) is 1. The third-order valence-electron chi connectivity index (χ3n) is 3.93. The highest BCUT2D eigenvalue weighted by atomic mass is 19.1. The summed E-state index contributed by atoms with van der Waals surface area (Å²) >= 11 is 0. The fraction of sp³-hybridized carbons (Fsp3) is 0.467. The number of ether oxygens (including phenoxy) is 1. The lowest BCUT2D eigenvalue weighted by atomic mass is 9.88. The van der Waals surface area contributed by atoms with Crippen LogP contribution in [0.1, 0.15) is 22.3 Å². The fourth-order valence-corrected chi connectivity index (χ4v) is 2.71. The van der Waals surface area contributed by atoms with Crippen LogP contribution in [0.3, 0.4) is 0 Å². The topological polar surface area (TPSA) is 66.8 Å². The Labute approximate surface area is 122 Å². The Kier molecular flexibility index (Phi) is 4.27. The van der Waals surface area contributed by atoms with E-state index in [2.05, 4.69) is 0 Å². The first-order chi connectivity index (χ1) is 9.89. The van der Waals surface area contributed by atoms with Gasteiger partial charge in [0.15, 0.2) is 0 Å². The Balaban J connectivity index is 2.20. The van der Waals surface area contributed by atoms with Gasteiger partial charge in [-0.15, -0.1) is 0 Å². The van der Waals surface area contributed by atoms with E-state index in [1.165, 1.54) is 30.2 Å². The van der Waals surface area contributed by atoms with Crippen molar-refractivity contribution in [3.63, 3.8) is 0 Å². The first kappa shape index (κ1) is 15.4. The molecule has 0 bridgehead atoms. The van der Waals surface area contributed by atoms with Crippen LogP contribution < -0.4 is 0 Å². The normalized spacial score (nSPS) is 21.6. The Bertz CT molecular complexity index is 575. The second-order valence-corrected chi connectivity index (χ2v) is 5.45. The minimum Gasteiger partial charge on any atom is -0.481 e. The van der Waals surface area contributed by atoms with E-state index in [1.807, 2.05) is 0 Å². The van der Waals surface area contributed by atoms with Gasteiger partial charge in [0.1, 0.15) is 11.2 Å². The van der Waals surface area contributed by atoms with E-state index in [9.17, 15) is 19.1 Å². The van der Waals surface area contributed by atoms with Crippen molar-refractivity contribution in [2.75, 3.05) is 26.8 Å². The van der Waals surface area contributed by atoms with E-state index in [4.69, 9.17) is 4.74 Å². The second kappa shape index (κ2) is 5.81. The number of carboxylic acid groups (broad SMARTS) is 1. The number of carbonyl (C=O) groups is 2. The van der Waals surface area contributed by atoms with Crippen LogP contribution in [-0.4, -0.2) is 48.7 Å². The Morgan fingerprint density at radius 2 is 2.19 bits per heavy atom. The van der Waals surface area contributed by atoms with Gasteiger partial charge in [0.2, 0.25) is 0 Å². The van der Waals surface area contributed by atoms with Crippen molar-refractivity contribution in [2.24, 2.45) is 5.41 Å². The molecule has 1 heterocycles. The molecule has 1 aromatic carbocycles. The molecule has 1 aromatic rings. The molecule has 0 radical (unpaired) electrons. The quantitative estimate of drug-likeness (QED) is 0.918. The van der Waals surface area contributed by atoms with Crippen molar-refractivity contribution in [1.82, 2.24) is 4.90 Å². The molecule has 0 aromatic heterocycles. The summed E-state index contributed by atoms with van der Waals surface area (Å²) in [6.07, 6.45) is 0.349. The van der Waals surface area contributed by atoms with Gasteiger partial charge in [0, 0.05) is 25.8 Å². The molecule has 1 unspecified atom stereocenters. The predicted molar refractivity (Wildman–Crippen MR) is 73.6 cm³/mol. The highest BCUT2D eigenvalue weighted by Gasteiger charge is 2.46. The predicted octanol–water partition coefficient (Wildman–Crippen LogP) is 1.70. The van der Waals surface area contributed by atoms with Crippen molar-refractivity contribution in [3.05, 3.63) is 35.1 Å². The summed E-state index contributed by atoms with van der Waals surface area (Å²) in [6, 6.07) is 3.96. The molecule has 5 nitrogen and oxygen atoms in total. The number of aryl methyl sites for hydroxylation is 1. The van der Waals surface area contributed by atoms with Gasteiger partial charge in [0.25, 0.3) is 5.91 Å². The third kappa shape index (κ3) is 2.90. The largest absolute Gasteiger partial charge is 0.481 e. The minimum absolute atomic E-state index is 0.0640. The highest BCUT2D eigenvalue weighted by molar-refractivity contribution is 5.96. The number of methoxy groups -OCH3 is 1. The highest BCUT2D eigenvalue weighted by Crippen LogP contribution is 2.32. The van der Waals surface area contributed by atoms with Gasteiger partial charge in [-0.05, 0) is 37.1 Å². The summed E-state index contributed by atoms with van der Waals surface area (Å²) in [5.74, 6) is -1.63. The average Bonchev–Trinajstić information content (AvgIpc) is 2.84. The molecule has 1 amide bonds. The summed E-state index contributed by atoms with van der Waals surface area (Å²) < 4.78 is 18.1. The number of hydrogen-bond donors (Lipinski definition) is 1. The third-order valence-corrected chi connectivity index (χ3v) is 3.93. The zero-order valence-electron chi connectivity index (χ0n) is 12.1. The smallest absolute Gasteiger partial charge is 0.313 e. The number of likely N-dealkylation sites (tertiary alicyclic amines) is 1. The molecule has 2 rings (SSSR count). The van der Waals surface area contributed by atoms with Crippen LogP contribution in [0.4, 0.5) is 4.39 Å². The van der Waals surface area contributed by atoms with E-state index in [1.54, 1.807) is 6.92 Å². The summed E-state index contributed by atoms with van der Waals surface area (Å²) in [7, 11) is 1.44. The van der Waals surface area contributed by atoms with Crippen LogP contribution in [0.2, 0.25) is 0 Å². The molecule has 1 saturated heterocycles. The molecular weight excluding hydrogens is 277 g/mol. The monoisotopic (exact) mass is 295 g/mol. The summed E-state index contributed by atoms with van der Waals surface area (Å²) in [5.41, 5.74) is -0.118. The van der Waals surface area contributed by atoms with E-state index in [0.29, 0.717) is 24.1 Å². The Morgan fingerprint density at radius 1 is 1.48 bits per heavy atom. The molecule has 6 heteroatoms. The number of halogens is 1. The van der Waals surface area contributed by atoms with Crippen LogP contribution in [-0.2, 0) is 9.53 Å². The van der Waals surface area contributed by atoms with Gasteiger partial charge >= 0.3 is 5.97 Å². The van der Waals surface area contributed by atoms with E-state index >= 15 is 0 Å². The number of carbonyl (C=O) groups excluding carboxylic acids is 1. The first-order valence-corrected chi connectivity index (χ1v) is 6.67. The zero-order valence-corrected chi connectivity index (χ0v) is 12.1. The number of rotatable bonds is 4. The van der Waals surface area contributed by atoms with E-state index < -0.39 is 17.2 Å². The van der Waals surface area contributed by atoms with Gasteiger partial charge in [-0.3, -0.25) is 9.59 Å². The number of hydrogen-bond acceptors (Lipinski definition) is 3. The molecule has 1 aliphatic heterocycles. The number of benzene rings is 1. The van der Waals surface area contributed by atoms with Crippen molar-refractivity contribution < 1.29 is 23.8 Å². The molecule has 1 aliphatic rings. The molecule has 21 heavy (non-hydrogen) atoms. The maximum absolute atomic E-state index is 13.1. The van der Waals surface area contributed by atoms with Gasteiger partial charge in [0.05, 0.1) is 6.61 Å². The van der Waals surface area contributed by atoms with Crippen molar-refractivity contribution in [3.8, 4) is 0 Å². The average molecular weight is 295 g/mol. The zero-order chi connectivity index (χ0) is 15.6. The molecule has 1 N–H and O–H groups in total. The summed E-state index contributed by atoms with van der Waals surface area (Å²) in [5, 5.41) is 9.39. The molecular formula is C15H18FNO4. The maximum atomic E-state index is 13.1. The number of amides is 1. The Morgan fingerprint density at radius 3 is 2.76 bits per heavy atom. The van der Waals surface area contributed by atoms with Crippen LogP contribution in [0.15, 0.2) is 18.2 Å². The Hall–Kier alpha value is -1.95. The fourth-order valence-electron chi connectivity index (χ4n) is 2.71. The molecule has 1 atom stereocenters. The summed E-state index contributed by atoms with van der Waals surface area (Å²) in [4.78, 5) is 25.4. The minimum atomic E-state index is -1.06. The van der Waals surface area contributed by atoms with Crippen LogP contribution >= 0.6 is 0 Å².